The molecule has 110 valence electrons. The Morgan fingerprint density at radius 2 is 2.15 bits per heavy atom. The molecule has 1 N–H and O–H groups in total. The van der Waals surface area contributed by atoms with Gasteiger partial charge in [-0.15, -0.1) is 0 Å². The second-order valence-electron chi connectivity index (χ2n) is 6.55. The second-order valence-corrected chi connectivity index (χ2v) is 6.55. The molecule has 0 aliphatic heterocycles. The van der Waals surface area contributed by atoms with Crippen LogP contribution in [-0.4, -0.2) is 11.0 Å². The van der Waals surface area contributed by atoms with Gasteiger partial charge in [0.05, 0.1) is 4.92 Å². The van der Waals surface area contributed by atoms with E-state index in [0.29, 0.717) is 11.3 Å². The van der Waals surface area contributed by atoms with Gasteiger partial charge < -0.3 is 5.32 Å². The maximum Gasteiger partial charge on any atom is 0.292 e. The molecule has 0 heterocycles. The van der Waals surface area contributed by atoms with E-state index < -0.39 is 10.7 Å². The molecule has 1 aromatic carbocycles. The van der Waals surface area contributed by atoms with Gasteiger partial charge in [-0.1, -0.05) is 20.8 Å². The van der Waals surface area contributed by atoms with Gasteiger partial charge in [-0.3, -0.25) is 10.1 Å². The van der Waals surface area contributed by atoms with Crippen molar-refractivity contribution in [2.75, 3.05) is 5.32 Å². The highest BCUT2D eigenvalue weighted by Gasteiger charge is 2.33. The first-order valence-electron chi connectivity index (χ1n) is 6.99. The minimum atomic E-state index is -0.473. The van der Waals surface area contributed by atoms with Crippen molar-refractivity contribution in [1.29, 1.82) is 0 Å². The minimum Gasteiger partial charge on any atom is -0.376 e. The summed E-state index contributed by atoms with van der Waals surface area (Å²) in [5.41, 5.74) is 0.529. The van der Waals surface area contributed by atoms with Crippen molar-refractivity contribution in [3.8, 4) is 0 Å². The Balaban J connectivity index is 2.18. The molecule has 0 amide bonds. The highest BCUT2D eigenvalue weighted by molar-refractivity contribution is 5.62. The predicted octanol–water partition coefficient (Wildman–Crippen LogP) is 4.36. The number of benzene rings is 1. The first-order chi connectivity index (χ1) is 9.28. The third kappa shape index (κ3) is 3.26. The summed E-state index contributed by atoms with van der Waals surface area (Å²) in [5, 5.41) is 14.2. The lowest BCUT2D eigenvalue weighted by Gasteiger charge is -2.39. The van der Waals surface area contributed by atoms with Gasteiger partial charge in [0.15, 0.2) is 0 Å². The van der Waals surface area contributed by atoms with Crippen LogP contribution in [0, 0.1) is 27.3 Å². The monoisotopic (exact) mass is 280 g/mol. The number of nitrogens with one attached hydrogen (secondary N) is 1. The van der Waals surface area contributed by atoms with E-state index in [9.17, 15) is 14.5 Å². The van der Waals surface area contributed by atoms with Crippen molar-refractivity contribution in [1.82, 2.24) is 0 Å². The summed E-state index contributed by atoms with van der Waals surface area (Å²) >= 11 is 0. The lowest BCUT2D eigenvalue weighted by atomic mass is 9.70. The number of nitro benzene ring substituents is 1. The summed E-state index contributed by atoms with van der Waals surface area (Å²) in [6, 6.07) is 3.71. The molecule has 0 bridgehead atoms. The number of anilines is 1. The van der Waals surface area contributed by atoms with E-state index in [1.54, 1.807) is 0 Å². The average Bonchev–Trinajstić information content (AvgIpc) is 2.32. The molecule has 2 atom stereocenters. The molecular weight excluding hydrogens is 259 g/mol. The average molecular weight is 280 g/mol. The zero-order valence-corrected chi connectivity index (χ0v) is 12.1. The zero-order valence-electron chi connectivity index (χ0n) is 12.1. The molecule has 1 saturated carbocycles. The smallest absolute Gasteiger partial charge is 0.292 e. The molecule has 20 heavy (non-hydrogen) atoms. The molecule has 0 radical (unpaired) electrons. The third-order valence-corrected chi connectivity index (χ3v) is 4.19. The number of rotatable bonds is 3. The maximum absolute atomic E-state index is 13.3. The molecule has 0 spiro atoms. The number of hydrogen-bond donors (Lipinski definition) is 1. The third-order valence-electron chi connectivity index (χ3n) is 4.19. The summed E-state index contributed by atoms with van der Waals surface area (Å²) in [6.45, 7) is 6.62. The Bertz CT molecular complexity index is 517. The van der Waals surface area contributed by atoms with E-state index in [0.717, 1.165) is 25.3 Å². The molecule has 0 aromatic heterocycles. The standard InChI is InChI=1S/C15H21FN2O2/c1-10-9-15(2,3)7-6-12(10)17-13-8-11(16)4-5-14(13)18(19)20/h4-5,8,10,12,17H,6-7,9H2,1-3H3. The topological polar surface area (TPSA) is 55.2 Å². The van der Waals surface area contributed by atoms with E-state index in [1.807, 2.05) is 0 Å². The molecule has 1 aliphatic carbocycles. The number of halogens is 1. The normalized spacial score (nSPS) is 25.2. The Morgan fingerprint density at radius 1 is 1.45 bits per heavy atom. The van der Waals surface area contributed by atoms with Crippen LogP contribution in [-0.2, 0) is 0 Å². The number of nitrogens with zero attached hydrogens (tertiary/aromatic N) is 1. The van der Waals surface area contributed by atoms with Gasteiger partial charge >= 0.3 is 0 Å². The summed E-state index contributed by atoms with van der Waals surface area (Å²) in [5.74, 6) is -0.0523. The van der Waals surface area contributed by atoms with Gasteiger partial charge in [-0.2, -0.15) is 0 Å². The number of hydrogen-bond acceptors (Lipinski definition) is 3. The van der Waals surface area contributed by atoms with Crippen molar-refractivity contribution in [2.45, 2.75) is 46.1 Å². The first-order valence-corrected chi connectivity index (χ1v) is 6.99. The van der Waals surface area contributed by atoms with Gasteiger partial charge in [0.2, 0.25) is 0 Å². The van der Waals surface area contributed by atoms with Crippen molar-refractivity contribution in [3.05, 3.63) is 34.1 Å². The van der Waals surface area contributed by atoms with Crippen LogP contribution in [0.25, 0.3) is 0 Å². The Kier molecular flexibility index (Phi) is 3.97. The van der Waals surface area contributed by atoms with Gasteiger partial charge in [0.25, 0.3) is 5.69 Å². The second kappa shape index (κ2) is 5.38. The molecule has 2 unspecified atom stereocenters. The van der Waals surface area contributed by atoms with Crippen molar-refractivity contribution in [3.63, 3.8) is 0 Å². The molecule has 1 aliphatic rings. The van der Waals surface area contributed by atoms with Crippen LogP contribution < -0.4 is 5.32 Å². The van der Waals surface area contributed by atoms with Crippen LogP contribution >= 0.6 is 0 Å². The fraction of sp³-hybridized carbons (Fsp3) is 0.600. The molecule has 1 fully saturated rings. The maximum atomic E-state index is 13.3. The van der Waals surface area contributed by atoms with E-state index in [2.05, 4.69) is 26.1 Å². The lowest BCUT2D eigenvalue weighted by Crippen LogP contribution is -2.37. The Hall–Kier alpha value is -1.65. The Morgan fingerprint density at radius 3 is 2.75 bits per heavy atom. The summed E-state index contributed by atoms with van der Waals surface area (Å²) in [6.07, 6.45) is 3.08. The van der Waals surface area contributed by atoms with Crippen LogP contribution in [0.3, 0.4) is 0 Å². The molecule has 0 saturated heterocycles. The van der Waals surface area contributed by atoms with Crippen LogP contribution in [0.2, 0.25) is 0 Å². The van der Waals surface area contributed by atoms with Gasteiger partial charge in [-0.25, -0.2) is 4.39 Å². The van der Waals surface area contributed by atoms with E-state index in [1.165, 1.54) is 12.1 Å². The van der Waals surface area contributed by atoms with Crippen molar-refractivity contribution in [2.24, 2.45) is 11.3 Å². The molecule has 2 rings (SSSR count). The summed E-state index contributed by atoms with van der Waals surface area (Å²) in [7, 11) is 0. The van der Waals surface area contributed by atoms with Gasteiger partial charge in [0.1, 0.15) is 11.5 Å². The van der Waals surface area contributed by atoms with Crippen molar-refractivity contribution >= 4 is 11.4 Å². The SMILES string of the molecule is CC1CC(C)(C)CCC1Nc1cc(F)ccc1[N+](=O)[O-]. The lowest BCUT2D eigenvalue weighted by molar-refractivity contribution is -0.384. The molecule has 5 heteroatoms. The quantitative estimate of drug-likeness (QED) is 0.661. The highest BCUT2D eigenvalue weighted by Crippen LogP contribution is 2.40. The summed E-state index contributed by atoms with van der Waals surface area (Å²) < 4.78 is 13.3. The van der Waals surface area contributed by atoms with Crippen LogP contribution in [0.15, 0.2) is 18.2 Å². The minimum absolute atomic E-state index is 0.0663. The van der Waals surface area contributed by atoms with Crippen LogP contribution in [0.1, 0.15) is 40.0 Å². The Labute approximate surface area is 118 Å². The molecular formula is C15H21FN2O2. The largest absolute Gasteiger partial charge is 0.376 e. The zero-order chi connectivity index (χ0) is 14.9. The van der Waals surface area contributed by atoms with Crippen molar-refractivity contribution < 1.29 is 9.31 Å². The number of nitro groups is 1. The first kappa shape index (κ1) is 14.8. The van der Waals surface area contributed by atoms with E-state index in [-0.39, 0.29) is 17.4 Å². The predicted molar refractivity (Wildman–Crippen MR) is 77.3 cm³/mol. The molecule has 1 aromatic rings. The van der Waals surface area contributed by atoms with E-state index >= 15 is 0 Å². The summed E-state index contributed by atoms with van der Waals surface area (Å²) in [4.78, 5) is 10.5. The fourth-order valence-corrected chi connectivity index (χ4v) is 3.14. The van der Waals surface area contributed by atoms with Crippen LogP contribution in [0.5, 0.6) is 0 Å². The fourth-order valence-electron chi connectivity index (χ4n) is 3.14. The highest BCUT2D eigenvalue weighted by atomic mass is 19.1. The molecule has 4 nitrogen and oxygen atoms in total. The van der Waals surface area contributed by atoms with Gasteiger partial charge in [-0.05, 0) is 36.7 Å². The van der Waals surface area contributed by atoms with E-state index in [4.69, 9.17) is 0 Å². The van der Waals surface area contributed by atoms with Crippen LogP contribution in [0.4, 0.5) is 15.8 Å². The van der Waals surface area contributed by atoms with Gasteiger partial charge in [0, 0.05) is 18.2 Å².